The van der Waals surface area contributed by atoms with Gasteiger partial charge in [-0.2, -0.15) is 0 Å². The highest BCUT2D eigenvalue weighted by atomic mass is 16.5. The molecule has 0 aromatic carbocycles. The van der Waals surface area contributed by atoms with Crippen molar-refractivity contribution in [2.45, 2.75) is 6.42 Å². The summed E-state index contributed by atoms with van der Waals surface area (Å²) in [5, 5.41) is 8.81. The highest BCUT2D eigenvalue weighted by molar-refractivity contribution is 6.15. The van der Waals surface area contributed by atoms with E-state index in [0.29, 0.717) is 6.42 Å². The van der Waals surface area contributed by atoms with Gasteiger partial charge in [0, 0.05) is 11.6 Å². The fourth-order valence-electron chi connectivity index (χ4n) is 0.810. The van der Waals surface area contributed by atoms with Gasteiger partial charge >= 0.3 is 0 Å². The molecule has 1 N–H and O–H groups in total. The zero-order valence-corrected chi connectivity index (χ0v) is 5.78. The molecule has 2 amide bonds. The summed E-state index contributed by atoms with van der Waals surface area (Å²) in [6, 6.07) is 0. The minimum atomic E-state index is -0.688. The number of carbonyl (C=O) groups is 2. The van der Waals surface area contributed by atoms with E-state index in [1.807, 2.05) is 0 Å². The Kier molecular flexibility index (Phi) is 1.87. The van der Waals surface area contributed by atoms with Crippen LogP contribution in [0.25, 0.3) is 0 Å². The molecule has 0 aromatic heterocycles. The predicted molar refractivity (Wildman–Crippen MR) is 36.5 cm³/mol. The zero-order chi connectivity index (χ0) is 8.43. The van der Waals surface area contributed by atoms with Gasteiger partial charge in [0.1, 0.15) is 0 Å². The standard InChI is InChI=1S/C7H7NO3/c1-2-3-5-4-6(9)8(11)7(5)10/h2,4,11H,1,3H2. The molecule has 0 fully saturated rings. The van der Waals surface area contributed by atoms with Crippen LogP contribution in [0.15, 0.2) is 24.3 Å². The van der Waals surface area contributed by atoms with Crippen LogP contribution in [0.1, 0.15) is 6.42 Å². The topological polar surface area (TPSA) is 57.6 Å². The number of carbonyl (C=O) groups excluding carboxylic acids is 2. The molecule has 0 atom stereocenters. The summed E-state index contributed by atoms with van der Waals surface area (Å²) in [6.45, 7) is 3.40. The van der Waals surface area contributed by atoms with E-state index >= 15 is 0 Å². The van der Waals surface area contributed by atoms with E-state index in [2.05, 4.69) is 6.58 Å². The maximum atomic E-state index is 10.8. The molecule has 11 heavy (non-hydrogen) atoms. The molecular weight excluding hydrogens is 146 g/mol. The van der Waals surface area contributed by atoms with Crippen LogP contribution in [0.3, 0.4) is 0 Å². The molecule has 1 aliphatic rings. The van der Waals surface area contributed by atoms with Crippen LogP contribution in [-0.4, -0.2) is 22.1 Å². The molecular formula is C7H7NO3. The Bertz CT molecular complexity index is 254. The number of allylic oxidation sites excluding steroid dienone is 1. The van der Waals surface area contributed by atoms with Crippen molar-refractivity contribution in [3.05, 3.63) is 24.3 Å². The average molecular weight is 153 g/mol. The maximum Gasteiger partial charge on any atom is 0.281 e. The number of nitrogens with zero attached hydrogens (tertiary/aromatic N) is 1. The Labute approximate surface area is 63.4 Å². The van der Waals surface area contributed by atoms with Crippen molar-refractivity contribution in [3.8, 4) is 0 Å². The van der Waals surface area contributed by atoms with Gasteiger partial charge in [0.2, 0.25) is 0 Å². The normalized spacial score (nSPS) is 17.2. The molecule has 58 valence electrons. The predicted octanol–water partition coefficient (Wildman–Crippen LogP) is 0.247. The number of amides is 2. The van der Waals surface area contributed by atoms with Gasteiger partial charge in [-0.15, -0.1) is 11.6 Å². The molecule has 0 unspecified atom stereocenters. The van der Waals surface area contributed by atoms with Crippen LogP contribution in [0.4, 0.5) is 0 Å². The van der Waals surface area contributed by atoms with Crippen molar-refractivity contribution in [2.75, 3.05) is 0 Å². The van der Waals surface area contributed by atoms with E-state index in [1.54, 1.807) is 0 Å². The average Bonchev–Trinajstić information content (AvgIpc) is 2.19. The van der Waals surface area contributed by atoms with E-state index in [4.69, 9.17) is 5.21 Å². The van der Waals surface area contributed by atoms with Crippen molar-refractivity contribution < 1.29 is 14.8 Å². The minimum Gasteiger partial charge on any atom is -0.278 e. The summed E-state index contributed by atoms with van der Waals surface area (Å²) >= 11 is 0. The zero-order valence-electron chi connectivity index (χ0n) is 5.78. The third-order valence-electron chi connectivity index (χ3n) is 1.34. The fourth-order valence-corrected chi connectivity index (χ4v) is 0.810. The number of hydrogen-bond acceptors (Lipinski definition) is 3. The third kappa shape index (κ3) is 1.20. The van der Waals surface area contributed by atoms with Gasteiger partial charge in [-0.25, -0.2) is 0 Å². The quantitative estimate of drug-likeness (QED) is 0.351. The first kappa shape index (κ1) is 7.68. The largest absolute Gasteiger partial charge is 0.281 e. The van der Waals surface area contributed by atoms with E-state index < -0.39 is 11.8 Å². The third-order valence-corrected chi connectivity index (χ3v) is 1.34. The molecule has 4 nitrogen and oxygen atoms in total. The Balaban J connectivity index is 2.83. The van der Waals surface area contributed by atoms with Crippen LogP contribution < -0.4 is 0 Å². The van der Waals surface area contributed by atoms with Gasteiger partial charge in [0.05, 0.1) is 0 Å². The van der Waals surface area contributed by atoms with E-state index in [9.17, 15) is 9.59 Å². The molecule has 1 rings (SSSR count). The molecule has 0 saturated heterocycles. The highest BCUT2D eigenvalue weighted by Crippen LogP contribution is 2.13. The SMILES string of the molecule is C=CCC1=CC(=O)N(O)C1=O. The second-order valence-corrected chi connectivity index (χ2v) is 2.12. The molecule has 1 aliphatic heterocycles. The first-order valence-electron chi connectivity index (χ1n) is 3.05. The number of hydroxylamine groups is 2. The number of hydrogen-bond donors (Lipinski definition) is 1. The van der Waals surface area contributed by atoms with Crippen molar-refractivity contribution in [2.24, 2.45) is 0 Å². The van der Waals surface area contributed by atoms with Crippen LogP contribution in [0.5, 0.6) is 0 Å². The van der Waals surface area contributed by atoms with Gasteiger partial charge in [0.15, 0.2) is 0 Å². The number of rotatable bonds is 2. The lowest BCUT2D eigenvalue weighted by Gasteiger charge is -2.02. The van der Waals surface area contributed by atoms with Gasteiger partial charge in [-0.3, -0.25) is 14.8 Å². The van der Waals surface area contributed by atoms with Crippen LogP contribution >= 0.6 is 0 Å². The monoisotopic (exact) mass is 153 g/mol. The first-order valence-corrected chi connectivity index (χ1v) is 3.05. The molecule has 0 spiro atoms. The molecule has 1 heterocycles. The Hall–Kier alpha value is -1.42. The molecule has 0 saturated carbocycles. The smallest absolute Gasteiger partial charge is 0.278 e. The van der Waals surface area contributed by atoms with Gasteiger partial charge in [0.25, 0.3) is 11.8 Å². The van der Waals surface area contributed by atoms with E-state index in [1.165, 1.54) is 6.08 Å². The van der Waals surface area contributed by atoms with Crippen LogP contribution in [-0.2, 0) is 9.59 Å². The molecule has 4 heteroatoms. The van der Waals surface area contributed by atoms with Gasteiger partial charge < -0.3 is 0 Å². The fraction of sp³-hybridized carbons (Fsp3) is 0.143. The summed E-state index contributed by atoms with van der Waals surface area (Å²) in [4.78, 5) is 21.5. The maximum absolute atomic E-state index is 10.8. The summed E-state index contributed by atoms with van der Waals surface area (Å²) in [5.74, 6) is -1.35. The summed E-state index contributed by atoms with van der Waals surface area (Å²) in [6.07, 6.45) is 2.90. The van der Waals surface area contributed by atoms with Gasteiger partial charge in [-0.1, -0.05) is 6.08 Å². The van der Waals surface area contributed by atoms with E-state index in [-0.39, 0.29) is 10.6 Å². The Morgan fingerprint density at radius 3 is 2.64 bits per heavy atom. The molecule has 0 radical (unpaired) electrons. The van der Waals surface area contributed by atoms with Crippen LogP contribution in [0, 0.1) is 0 Å². The summed E-state index contributed by atoms with van der Waals surface area (Å²) in [7, 11) is 0. The lowest BCUT2D eigenvalue weighted by atomic mass is 10.2. The Morgan fingerprint density at radius 2 is 2.27 bits per heavy atom. The second-order valence-electron chi connectivity index (χ2n) is 2.12. The van der Waals surface area contributed by atoms with Gasteiger partial charge in [-0.05, 0) is 6.42 Å². The second kappa shape index (κ2) is 2.67. The highest BCUT2D eigenvalue weighted by Gasteiger charge is 2.28. The lowest BCUT2D eigenvalue weighted by Crippen LogP contribution is -2.26. The first-order chi connectivity index (χ1) is 5.16. The summed E-state index contributed by atoms with van der Waals surface area (Å²) < 4.78 is 0. The number of imide groups is 1. The Morgan fingerprint density at radius 1 is 1.64 bits per heavy atom. The molecule has 0 aromatic rings. The molecule has 0 bridgehead atoms. The van der Waals surface area contributed by atoms with Crippen molar-refractivity contribution in [1.29, 1.82) is 0 Å². The van der Waals surface area contributed by atoms with E-state index in [0.717, 1.165) is 6.08 Å². The van der Waals surface area contributed by atoms with Crippen LogP contribution in [0.2, 0.25) is 0 Å². The van der Waals surface area contributed by atoms with Crippen molar-refractivity contribution in [3.63, 3.8) is 0 Å². The minimum absolute atomic E-state index is 0.0961. The van der Waals surface area contributed by atoms with Crippen molar-refractivity contribution in [1.82, 2.24) is 5.06 Å². The lowest BCUT2D eigenvalue weighted by molar-refractivity contribution is -0.169. The van der Waals surface area contributed by atoms with Crippen molar-refractivity contribution >= 4 is 11.8 Å². The molecule has 0 aliphatic carbocycles. The summed E-state index contributed by atoms with van der Waals surface area (Å²) in [5.41, 5.74) is 0.271.